The van der Waals surface area contributed by atoms with Crippen LogP contribution in [0.15, 0.2) is 84.9 Å². The molecule has 25 heavy (non-hydrogen) atoms. The first-order chi connectivity index (χ1) is 12.3. The van der Waals surface area contributed by atoms with E-state index in [4.69, 9.17) is 0 Å². The maximum atomic E-state index is 13.3. The summed E-state index contributed by atoms with van der Waals surface area (Å²) in [4.78, 5) is 14.9. The van der Waals surface area contributed by atoms with Crippen molar-refractivity contribution in [1.29, 1.82) is 0 Å². The van der Waals surface area contributed by atoms with Gasteiger partial charge in [0.2, 0.25) is 5.91 Å². The van der Waals surface area contributed by atoms with Crippen LogP contribution < -0.4 is 4.90 Å². The summed E-state index contributed by atoms with van der Waals surface area (Å²) in [5.41, 5.74) is 4.59. The second kappa shape index (κ2) is 5.50. The van der Waals surface area contributed by atoms with E-state index in [0.29, 0.717) is 0 Å². The number of nitrogens with zero attached hydrogens (tertiary/aromatic N) is 1. The van der Waals surface area contributed by atoms with Gasteiger partial charge in [0.25, 0.3) is 0 Å². The van der Waals surface area contributed by atoms with Gasteiger partial charge in [-0.2, -0.15) is 0 Å². The van der Waals surface area contributed by atoms with Crippen LogP contribution in [0.3, 0.4) is 0 Å². The highest BCUT2D eigenvalue weighted by Crippen LogP contribution is 2.63. The van der Waals surface area contributed by atoms with E-state index in [1.165, 1.54) is 11.1 Å². The van der Waals surface area contributed by atoms with Gasteiger partial charge < -0.3 is 0 Å². The van der Waals surface area contributed by atoms with Crippen molar-refractivity contribution in [3.05, 3.63) is 102 Å². The van der Waals surface area contributed by atoms with E-state index in [1.807, 2.05) is 53.1 Å². The van der Waals surface area contributed by atoms with Crippen LogP contribution in [0.1, 0.15) is 22.6 Å². The molecular weight excluding hydrogens is 326 g/mol. The highest BCUT2D eigenvalue weighted by atomic mass is 32.2. The zero-order chi connectivity index (χ0) is 16.9. The van der Waals surface area contributed by atoms with Crippen molar-refractivity contribution >= 4 is 23.4 Å². The maximum absolute atomic E-state index is 13.3. The van der Waals surface area contributed by atoms with Gasteiger partial charge in [0.05, 0.1) is 0 Å². The van der Waals surface area contributed by atoms with Crippen molar-refractivity contribution in [1.82, 2.24) is 0 Å². The van der Waals surface area contributed by atoms with Gasteiger partial charge in [-0.3, -0.25) is 9.69 Å². The predicted octanol–water partition coefficient (Wildman–Crippen LogP) is 4.92. The van der Waals surface area contributed by atoms with Gasteiger partial charge in [-0.1, -0.05) is 78.9 Å². The number of anilines is 1. The minimum Gasteiger partial charge on any atom is -0.291 e. The van der Waals surface area contributed by atoms with Gasteiger partial charge in [-0.05, 0) is 22.8 Å². The van der Waals surface area contributed by atoms with Gasteiger partial charge in [0, 0.05) is 11.4 Å². The molecule has 2 aliphatic rings. The molecule has 3 aromatic rings. The lowest BCUT2D eigenvalue weighted by atomic mass is 9.76. The lowest BCUT2D eigenvalue weighted by Gasteiger charge is -2.59. The van der Waals surface area contributed by atoms with E-state index in [0.717, 1.165) is 17.0 Å². The Labute approximate surface area is 151 Å². The van der Waals surface area contributed by atoms with Gasteiger partial charge in [-0.15, -0.1) is 11.8 Å². The van der Waals surface area contributed by atoms with Gasteiger partial charge in [0.15, 0.2) is 0 Å². The number of amides is 1. The largest absolute Gasteiger partial charge is 0.291 e. The van der Waals surface area contributed by atoms with Crippen molar-refractivity contribution < 1.29 is 4.79 Å². The average molecular weight is 343 g/mol. The molecule has 1 fully saturated rings. The molecule has 2 nitrogen and oxygen atoms in total. The number of hydrogen-bond acceptors (Lipinski definition) is 2. The van der Waals surface area contributed by atoms with E-state index in [-0.39, 0.29) is 16.7 Å². The molecule has 0 spiro atoms. The molecule has 3 aromatic carbocycles. The third-order valence-corrected chi connectivity index (χ3v) is 6.74. The Kier molecular flexibility index (Phi) is 3.25. The summed E-state index contributed by atoms with van der Waals surface area (Å²) >= 11 is 1.87. The quantitative estimate of drug-likeness (QED) is 0.616. The first kappa shape index (κ1) is 14.8. The summed E-state index contributed by atoms with van der Waals surface area (Å²) in [5.74, 6) is 0.960. The number of thioether (sulfide) groups is 1. The summed E-state index contributed by atoms with van der Waals surface area (Å²) in [6.45, 7) is 0. The van der Waals surface area contributed by atoms with Gasteiger partial charge >= 0.3 is 0 Å². The summed E-state index contributed by atoms with van der Waals surface area (Å²) < 4.78 is 0. The first-order valence-corrected chi connectivity index (χ1v) is 9.47. The molecule has 0 radical (unpaired) electrons. The number of β-lactam (4-membered cyclic amide) rings is 1. The number of para-hydroxylation sites is 1. The van der Waals surface area contributed by atoms with E-state index in [1.54, 1.807) is 0 Å². The zero-order valence-corrected chi connectivity index (χ0v) is 14.4. The topological polar surface area (TPSA) is 20.3 Å². The van der Waals surface area contributed by atoms with Gasteiger partial charge in [-0.25, -0.2) is 0 Å². The van der Waals surface area contributed by atoms with Crippen molar-refractivity contribution in [2.75, 3.05) is 4.90 Å². The molecule has 2 heterocycles. The standard InChI is InChI=1S/C22H17NOS/c24-21-20(16-9-3-1-4-10-16)22(18-12-5-2-6-13-18)23(21)19-14-8-7-11-17(19)15-25-22/h1-14,20H,15H2/t20-,22+/m1/s1. The molecule has 0 aromatic heterocycles. The Hall–Kier alpha value is -2.52. The fraction of sp³-hybridized carbons (Fsp3) is 0.136. The van der Waals surface area contributed by atoms with Crippen LogP contribution in [-0.2, 0) is 15.4 Å². The third kappa shape index (κ3) is 1.96. The number of hydrogen-bond donors (Lipinski definition) is 0. The highest BCUT2D eigenvalue weighted by Gasteiger charge is 2.64. The molecule has 2 atom stereocenters. The van der Waals surface area contributed by atoms with Crippen LogP contribution in [0.5, 0.6) is 0 Å². The molecular formula is C22H17NOS. The van der Waals surface area contributed by atoms with Crippen molar-refractivity contribution in [3.8, 4) is 0 Å². The highest BCUT2D eigenvalue weighted by molar-refractivity contribution is 7.99. The molecule has 0 saturated carbocycles. The lowest BCUT2D eigenvalue weighted by molar-refractivity contribution is -0.127. The van der Waals surface area contributed by atoms with E-state index < -0.39 is 0 Å². The van der Waals surface area contributed by atoms with Crippen molar-refractivity contribution in [3.63, 3.8) is 0 Å². The number of carbonyl (C=O) groups is 1. The van der Waals surface area contributed by atoms with Crippen LogP contribution >= 0.6 is 11.8 Å². The minimum atomic E-state index is -0.353. The van der Waals surface area contributed by atoms with Crippen LogP contribution in [0.25, 0.3) is 0 Å². The third-order valence-electron chi connectivity index (χ3n) is 5.19. The Bertz CT molecular complexity index is 941. The number of carbonyl (C=O) groups excluding carboxylic acids is 1. The SMILES string of the molecule is O=C1[C@@H](c2ccccc2)[C@]2(c3ccccc3)SCc3ccccc3N12. The van der Waals surface area contributed by atoms with Crippen molar-refractivity contribution in [2.45, 2.75) is 16.5 Å². The average Bonchev–Trinajstić information content (AvgIpc) is 2.68. The molecule has 0 bridgehead atoms. The van der Waals surface area contributed by atoms with Crippen LogP contribution in [0.4, 0.5) is 5.69 Å². The fourth-order valence-electron chi connectivity index (χ4n) is 4.08. The summed E-state index contributed by atoms with van der Waals surface area (Å²) in [7, 11) is 0. The zero-order valence-electron chi connectivity index (χ0n) is 13.6. The summed E-state index contributed by atoms with van der Waals surface area (Å²) in [6.07, 6.45) is 0. The van der Waals surface area contributed by atoms with E-state index in [2.05, 4.69) is 48.5 Å². The first-order valence-electron chi connectivity index (χ1n) is 8.49. The summed E-state index contributed by atoms with van der Waals surface area (Å²) in [5, 5.41) is 0. The molecule has 0 aliphatic carbocycles. The Morgan fingerprint density at radius 1 is 0.840 bits per heavy atom. The molecule has 0 N–H and O–H groups in total. The van der Waals surface area contributed by atoms with Crippen LogP contribution in [0, 0.1) is 0 Å². The van der Waals surface area contributed by atoms with Gasteiger partial charge in [0.1, 0.15) is 10.8 Å². The molecule has 1 amide bonds. The van der Waals surface area contributed by atoms with Crippen molar-refractivity contribution in [2.24, 2.45) is 0 Å². The van der Waals surface area contributed by atoms with E-state index >= 15 is 0 Å². The molecule has 1 saturated heterocycles. The lowest BCUT2D eigenvalue weighted by Crippen LogP contribution is -2.67. The number of fused-ring (bicyclic) bond motifs is 3. The Balaban J connectivity index is 1.73. The Morgan fingerprint density at radius 3 is 2.24 bits per heavy atom. The monoisotopic (exact) mass is 343 g/mol. The molecule has 3 heteroatoms. The van der Waals surface area contributed by atoms with Crippen LogP contribution in [-0.4, -0.2) is 5.91 Å². The predicted molar refractivity (Wildman–Crippen MR) is 103 cm³/mol. The maximum Gasteiger partial charge on any atom is 0.239 e. The minimum absolute atomic E-state index is 0.144. The molecule has 5 rings (SSSR count). The molecule has 122 valence electrons. The molecule has 0 unspecified atom stereocenters. The molecule has 2 aliphatic heterocycles. The van der Waals surface area contributed by atoms with Crippen LogP contribution in [0.2, 0.25) is 0 Å². The normalized spacial score (nSPS) is 24.2. The smallest absolute Gasteiger partial charge is 0.239 e. The number of rotatable bonds is 2. The fourth-order valence-corrected chi connectivity index (χ4v) is 5.72. The Morgan fingerprint density at radius 2 is 1.48 bits per heavy atom. The second-order valence-electron chi connectivity index (χ2n) is 6.50. The van der Waals surface area contributed by atoms with E-state index in [9.17, 15) is 4.79 Å². The second-order valence-corrected chi connectivity index (χ2v) is 7.70. The number of benzene rings is 3. The summed E-state index contributed by atoms with van der Waals surface area (Å²) in [6, 6.07) is 28.9.